The van der Waals surface area contributed by atoms with E-state index in [4.69, 9.17) is 0 Å². The Labute approximate surface area is 120 Å². The van der Waals surface area contributed by atoms with Gasteiger partial charge >= 0.3 is 0 Å². The second-order valence-electron chi connectivity index (χ2n) is 4.71. The highest BCUT2D eigenvalue weighted by molar-refractivity contribution is 9.11. The summed E-state index contributed by atoms with van der Waals surface area (Å²) in [6.45, 7) is 1.17. The minimum absolute atomic E-state index is 0.123. The van der Waals surface area contributed by atoms with Gasteiger partial charge in [0.25, 0.3) is 0 Å². The molecule has 1 aromatic rings. The van der Waals surface area contributed by atoms with Crippen molar-refractivity contribution in [3.05, 3.63) is 20.8 Å². The number of rotatable bonds is 5. The smallest absolute Gasteiger partial charge is 0.234 e. The largest absolute Gasteiger partial charge is 0.352 e. The average Bonchev–Trinajstić information content (AvgIpc) is 2.76. The van der Waals surface area contributed by atoms with Crippen molar-refractivity contribution in [3.63, 3.8) is 0 Å². The number of amides is 1. The van der Waals surface area contributed by atoms with Gasteiger partial charge in [-0.2, -0.15) is 0 Å². The molecule has 1 aliphatic carbocycles. The van der Waals surface area contributed by atoms with Gasteiger partial charge in [0.1, 0.15) is 0 Å². The highest BCUT2D eigenvalue weighted by Gasteiger charge is 2.15. The molecule has 0 bridgehead atoms. The van der Waals surface area contributed by atoms with Crippen LogP contribution >= 0.6 is 27.3 Å². The number of halogens is 1. The van der Waals surface area contributed by atoms with Crippen molar-refractivity contribution in [2.24, 2.45) is 0 Å². The molecule has 0 atom stereocenters. The van der Waals surface area contributed by atoms with Crippen molar-refractivity contribution in [1.29, 1.82) is 0 Å². The Morgan fingerprint density at radius 1 is 1.33 bits per heavy atom. The van der Waals surface area contributed by atoms with Gasteiger partial charge in [-0.05, 0) is 40.9 Å². The molecule has 2 N–H and O–H groups in total. The van der Waals surface area contributed by atoms with Crippen LogP contribution in [0.25, 0.3) is 0 Å². The van der Waals surface area contributed by atoms with Crippen molar-refractivity contribution < 1.29 is 4.79 Å². The van der Waals surface area contributed by atoms with Gasteiger partial charge < -0.3 is 10.6 Å². The van der Waals surface area contributed by atoms with Crippen LogP contribution in [0.2, 0.25) is 0 Å². The molecular formula is C13H19BrN2OS. The Morgan fingerprint density at radius 2 is 2.11 bits per heavy atom. The molecule has 100 valence electrons. The van der Waals surface area contributed by atoms with Gasteiger partial charge in [-0.3, -0.25) is 4.79 Å². The first kappa shape index (κ1) is 14.0. The first-order valence-electron chi connectivity index (χ1n) is 6.48. The quantitative estimate of drug-likeness (QED) is 0.871. The van der Waals surface area contributed by atoms with Gasteiger partial charge in [0, 0.05) is 17.5 Å². The molecule has 1 amide bonds. The molecule has 0 aromatic carbocycles. The summed E-state index contributed by atoms with van der Waals surface area (Å²) in [4.78, 5) is 13.0. The van der Waals surface area contributed by atoms with Gasteiger partial charge in [-0.25, -0.2) is 0 Å². The first-order chi connectivity index (χ1) is 8.74. The highest BCUT2D eigenvalue weighted by atomic mass is 79.9. The Balaban J connectivity index is 1.62. The maximum Gasteiger partial charge on any atom is 0.234 e. The Morgan fingerprint density at radius 3 is 2.78 bits per heavy atom. The van der Waals surface area contributed by atoms with Crippen molar-refractivity contribution in [2.75, 3.05) is 6.54 Å². The number of carbonyl (C=O) groups is 1. The predicted molar refractivity (Wildman–Crippen MR) is 78.7 cm³/mol. The molecule has 1 heterocycles. The maximum absolute atomic E-state index is 11.7. The molecule has 0 saturated heterocycles. The van der Waals surface area contributed by atoms with Crippen LogP contribution in [0.1, 0.15) is 37.0 Å². The minimum atomic E-state index is 0.123. The van der Waals surface area contributed by atoms with Gasteiger partial charge in [0.05, 0.1) is 10.3 Å². The lowest BCUT2D eigenvalue weighted by atomic mass is 9.95. The van der Waals surface area contributed by atoms with E-state index in [-0.39, 0.29) is 5.91 Å². The monoisotopic (exact) mass is 330 g/mol. The molecule has 1 aromatic heterocycles. The van der Waals surface area contributed by atoms with E-state index in [9.17, 15) is 4.79 Å². The van der Waals surface area contributed by atoms with Crippen molar-refractivity contribution in [1.82, 2.24) is 10.6 Å². The van der Waals surface area contributed by atoms with Crippen LogP contribution in [0.3, 0.4) is 0 Å². The fourth-order valence-corrected chi connectivity index (χ4v) is 3.72. The third-order valence-electron chi connectivity index (χ3n) is 3.18. The third-order valence-corrected chi connectivity index (χ3v) is 4.81. The van der Waals surface area contributed by atoms with E-state index >= 15 is 0 Å². The standard InChI is InChI=1S/C13H19BrN2OS/c14-12-7-6-11(18-12)8-15-9-13(17)16-10-4-2-1-3-5-10/h6-7,10,15H,1-5,8-9H2,(H,16,17). The van der Waals surface area contributed by atoms with Crippen molar-refractivity contribution in [2.45, 2.75) is 44.7 Å². The molecule has 1 aliphatic rings. The number of hydrogen-bond acceptors (Lipinski definition) is 3. The lowest BCUT2D eigenvalue weighted by Gasteiger charge is -2.22. The summed E-state index contributed by atoms with van der Waals surface area (Å²) >= 11 is 5.13. The summed E-state index contributed by atoms with van der Waals surface area (Å²) in [5, 5.41) is 6.28. The fraction of sp³-hybridized carbons (Fsp3) is 0.615. The summed E-state index contributed by atoms with van der Waals surface area (Å²) in [6, 6.07) is 4.51. The lowest BCUT2D eigenvalue weighted by molar-refractivity contribution is -0.121. The minimum Gasteiger partial charge on any atom is -0.352 e. The first-order valence-corrected chi connectivity index (χ1v) is 8.09. The molecule has 1 saturated carbocycles. The van der Waals surface area contributed by atoms with Crippen molar-refractivity contribution >= 4 is 33.2 Å². The molecule has 18 heavy (non-hydrogen) atoms. The van der Waals surface area contributed by atoms with E-state index in [0.717, 1.165) is 23.2 Å². The molecule has 0 radical (unpaired) electrons. The van der Waals surface area contributed by atoms with Crippen LogP contribution < -0.4 is 10.6 Å². The van der Waals surface area contributed by atoms with E-state index in [2.05, 4.69) is 32.6 Å². The SMILES string of the molecule is O=C(CNCc1ccc(Br)s1)NC1CCCCC1. The molecule has 0 spiro atoms. The van der Waals surface area contributed by atoms with Crippen LogP contribution in [0.4, 0.5) is 0 Å². The molecule has 5 heteroatoms. The zero-order valence-electron chi connectivity index (χ0n) is 10.4. The second-order valence-corrected chi connectivity index (χ2v) is 7.26. The molecule has 1 fully saturated rings. The van der Waals surface area contributed by atoms with Crippen molar-refractivity contribution in [3.8, 4) is 0 Å². The molecule has 0 aliphatic heterocycles. The summed E-state index contributed by atoms with van der Waals surface area (Å²) < 4.78 is 1.13. The van der Waals surface area contributed by atoms with E-state index in [1.54, 1.807) is 11.3 Å². The Bertz CT molecular complexity index is 388. The summed E-state index contributed by atoms with van der Waals surface area (Å²) in [5.41, 5.74) is 0. The van der Waals surface area contributed by atoms with Crippen LogP contribution in [-0.2, 0) is 11.3 Å². The summed E-state index contributed by atoms with van der Waals surface area (Å²) in [5.74, 6) is 0.123. The van der Waals surface area contributed by atoms with Crippen LogP contribution in [-0.4, -0.2) is 18.5 Å². The van der Waals surface area contributed by atoms with E-state index in [1.807, 2.05) is 6.07 Å². The molecule has 2 rings (SSSR count). The number of hydrogen-bond donors (Lipinski definition) is 2. The van der Waals surface area contributed by atoms with Gasteiger partial charge in [0.2, 0.25) is 5.91 Å². The third kappa shape index (κ3) is 4.71. The van der Waals surface area contributed by atoms with Gasteiger partial charge in [-0.1, -0.05) is 19.3 Å². The van der Waals surface area contributed by atoms with E-state index in [1.165, 1.54) is 24.1 Å². The highest BCUT2D eigenvalue weighted by Crippen LogP contribution is 2.21. The van der Waals surface area contributed by atoms with Crippen LogP contribution in [0, 0.1) is 0 Å². The van der Waals surface area contributed by atoms with Gasteiger partial charge in [0.15, 0.2) is 0 Å². The lowest BCUT2D eigenvalue weighted by Crippen LogP contribution is -2.41. The molecule has 0 unspecified atom stereocenters. The van der Waals surface area contributed by atoms with Crippen LogP contribution in [0.5, 0.6) is 0 Å². The Kier molecular flexibility index (Phi) is 5.66. The molecule has 3 nitrogen and oxygen atoms in total. The summed E-state index contributed by atoms with van der Waals surface area (Å²) in [6.07, 6.45) is 6.11. The zero-order valence-corrected chi connectivity index (χ0v) is 12.8. The van der Waals surface area contributed by atoms with Crippen LogP contribution in [0.15, 0.2) is 15.9 Å². The molecular weight excluding hydrogens is 312 g/mol. The second kappa shape index (κ2) is 7.26. The number of thiophene rings is 1. The summed E-state index contributed by atoms with van der Waals surface area (Å²) in [7, 11) is 0. The van der Waals surface area contributed by atoms with E-state index < -0.39 is 0 Å². The number of carbonyl (C=O) groups excluding carboxylic acids is 1. The topological polar surface area (TPSA) is 41.1 Å². The van der Waals surface area contributed by atoms with Gasteiger partial charge in [-0.15, -0.1) is 11.3 Å². The van der Waals surface area contributed by atoms with E-state index in [0.29, 0.717) is 12.6 Å². The fourth-order valence-electron chi connectivity index (χ4n) is 2.27. The zero-order chi connectivity index (χ0) is 12.8. The maximum atomic E-state index is 11.7. The normalized spacial score (nSPS) is 16.7. The average molecular weight is 331 g/mol. The predicted octanol–water partition coefficient (Wildman–Crippen LogP) is 3.05. The Hall–Kier alpha value is -0.390. The number of nitrogens with one attached hydrogen (secondary N) is 2.